The molecule has 1 aromatic carbocycles. The average molecular weight is 320 g/mol. The molecular weight excluding hydrogens is 302 g/mol. The molecule has 2 aliphatic heterocycles. The molecule has 2 fully saturated rings. The van der Waals surface area contributed by atoms with Gasteiger partial charge < -0.3 is 14.5 Å². The molecule has 1 atom stereocenters. The lowest BCUT2D eigenvalue weighted by atomic mass is 10.1. The number of hydrogen-bond acceptors (Lipinski definition) is 4. The van der Waals surface area contributed by atoms with Crippen molar-refractivity contribution in [1.29, 1.82) is 5.26 Å². The maximum Gasteiger partial charge on any atom is 0.251 e. The van der Waals surface area contributed by atoms with E-state index in [9.17, 15) is 10.1 Å². The Morgan fingerprint density at radius 3 is 2.73 bits per heavy atom. The molecule has 0 aliphatic carbocycles. The highest BCUT2D eigenvalue weighted by Crippen LogP contribution is 2.25. The highest BCUT2D eigenvalue weighted by atomic mass is 35.5. The Morgan fingerprint density at radius 2 is 2.09 bits per heavy atom. The first-order chi connectivity index (χ1) is 10.7. The van der Waals surface area contributed by atoms with Gasteiger partial charge in [-0.2, -0.15) is 5.26 Å². The van der Waals surface area contributed by atoms with Gasteiger partial charge >= 0.3 is 0 Å². The number of amides is 1. The second-order valence-corrected chi connectivity index (χ2v) is 6.02. The number of carbonyl (C=O) groups excluding carboxylic acids is 1. The van der Waals surface area contributed by atoms with Crippen LogP contribution in [-0.4, -0.2) is 49.7 Å². The molecule has 3 rings (SSSR count). The van der Waals surface area contributed by atoms with Crippen molar-refractivity contribution in [3.63, 3.8) is 0 Å². The first-order valence-electron chi connectivity index (χ1n) is 7.54. The third-order valence-corrected chi connectivity index (χ3v) is 4.45. The van der Waals surface area contributed by atoms with Crippen molar-refractivity contribution in [2.45, 2.75) is 18.9 Å². The first kappa shape index (κ1) is 15.1. The maximum absolute atomic E-state index is 12.3. The van der Waals surface area contributed by atoms with Crippen LogP contribution in [0.3, 0.4) is 0 Å². The summed E-state index contributed by atoms with van der Waals surface area (Å²) in [6.45, 7) is 3.44. The topological polar surface area (TPSA) is 56.6 Å². The van der Waals surface area contributed by atoms with Crippen molar-refractivity contribution in [1.82, 2.24) is 4.90 Å². The fourth-order valence-electron chi connectivity index (χ4n) is 3.02. The lowest BCUT2D eigenvalue weighted by Crippen LogP contribution is -2.51. The van der Waals surface area contributed by atoms with Crippen LogP contribution in [0.15, 0.2) is 18.2 Å². The van der Waals surface area contributed by atoms with Crippen molar-refractivity contribution in [3.8, 4) is 6.07 Å². The number of rotatable bonds is 2. The summed E-state index contributed by atoms with van der Waals surface area (Å²) in [7, 11) is 0. The maximum atomic E-state index is 12.3. The van der Waals surface area contributed by atoms with E-state index in [1.807, 2.05) is 11.0 Å². The smallest absolute Gasteiger partial charge is 0.251 e. The number of anilines is 1. The van der Waals surface area contributed by atoms with E-state index in [0.29, 0.717) is 30.3 Å². The molecule has 0 aromatic heterocycles. The first-order valence-corrected chi connectivity index (χ1v) is 7.92. The van der Waals surface area contributed by atoms with Gasteiger partial charge in [-0.1, -0.05) is 11.6 Å². The summed E-state index contributed by atoms with van der Waals surface area (Å²) in [5.41, 5.74) is 1.46. The molecule has 1 amide bonds. The van der Waals surface area contributed by atoms with Crippen LogP contribution in [0.4, 0.5) is 5.69 Å². The van der Waals surface area contributed by atoms with Gasteiger partial charge in [-0.25, -0.2) is 0 Å². The lowest BCUT2D eigenvalue weighted by molar-refractivity contribution is -0.141. The van der Waals surface area contributed by atoms with Crippen molar-refractivity contribution < 1.29 is 9.53 Å². The van der Waals surface area contributed by atoms with Gasteiger partial charge in [-0.3, -0.25) is 4.79 Å². The van der Waals surface area contributed by atoms with E-state index in [4.69, 9.17) is 16.3 Å². The standard InChI is InChI=1S/C16H18ClN3O2/c17-13-3-4-14(12(10-13)11-18)19-5-7-20(8-6-19)16(21)15-2-1-9-22-15/h3-4,10,15H,1-2,5-9H2/t15-/m1/s1. The number of piperazine rings is 1. The quantitative estimate of drug-likeness (QED) is 0.837. The minimum Gasteiger partial charge on any atom is -0.368 e. The van der Waals surface area contributed by atoms with E-state index in [1.165, 1.54) is 0 Å². The molecule has 6 heteroatoms. The van der Waals surface area contributed by atoms with Crippen LogP contribution in [0, 0.1) is 11.3 Å². The Bertz CT molecular complexity index is 600. The Hall–Kier alpha value is -1.77. The third kappa shape index (κ3) is 3.03. The van der Waals surface area contributed by atoms with Crippen LogP contribution in [0.1, 0.15) is 18.4 Å². The number of nitriles is 1. The average Bonchev–Trinajstić information content (AvgIpc) is 3.08. The second kappa shape index (κ2) is 6.55. The van der Waals surface area contributed by atoms with Gasteiger partial charge in [-0.05, 0) is 31.0 Å². The van der Waals surface area contributed by atoms with Crippen LogP contribution in [0.2, 0.25) is 5.02 Å². The van der Waals surface area contributed by atoms with Gasteiger partial charge in [0, 0.05) is 37.8 Å². The minimum absolute atomic E-state index is 0.105. The monoisotopic (exact) mass is 319 g/mol. The zero-order valence-corrected chi connectivity index (χ0v) is 13.1. The summed E-state index contributed by atoms with van der Waals surface area (Å²) in [6, 6.07) is 7.53. The molecule has 0 bridgehead atoms. The normalized spacial score (nSPS) is 21.7. The number of halogens is 1. The highest BCUT2D eigenvalue weighted by molar-refractivity contribution is 6.30. The van der Waals surface area contributed by atoms with Gasteiger partial charge in [0.15, 0.2) is 0 Å². The number of nitrogens with zero attached hydrogens (tertiary/aromatic N) is 3. The minimum atomic E-state index is -0.253. The van der Waals surface area contributed by atoms with Crippen molar-refractivity contribution in [2.24, 2.45) is 0 Å². The van der Waals surface area contributed by atoms with Gasteiger partial charge in [0.2, 0.25) is 0 Å². The van der Waals surface area contributed by atoms with Gasteiger partial charge in [0.25, 0.3) is 5.91 Å². The van der Waals surface area contributed by atoms with Crippen LogP contribution >= 0.6 is 11.6 Å². The largest absolute Gasteiger partial charge is 0.368 e. The zero-order chi connectivity index (χ0) is 15.5. The number of hydrogen-bond donors (Lipinski definition) is 0. The Kier molecular flexibility index (Phi) is 4.51. The summed E-state index contributed by atoms with van der Waals surface area (Å²) < 4.78 is 5.47. The van der Waals surface area contributed by atoms with Gasteiger partial charge in [0.05, 0.1) is 11.3 Å². The summed E-state index contributed by atoms with van der Waals surface area (Å²) in [5.74, 6) is 0.105. The fourth-order valence-corrected chi connectivity index (χ4v) is 3.19. The van der Waals surface area contributed by atoms with Gasteiger partial charge in [0.1, 0.15) is 12.2 Å². The predicted octanol–water partition coefficient (Wildman–Crippen LogP) is 2.04. The van der Waals surface area contributed by atoms with Crippen molar-refractivity contribution in [3.05, 3.63) is 28.8 Å². The molecule has 2 aliphatic rings. The van der Waals surface area contributed by atoms with E-state index < -0.39 is 0 Å². The molecule has 0 unspecified atom stereocenters. The zero-order valence-electron chi connectivity index (χ0n) is 12.3. The molecule has 116 valence electrons. The summed E-state index contributed by atoms with van der Waals surface area (Å²) >= 11 is 5.94. The predicted molar refractivity (Wildman–Crippen MR) is 83.9 cm³/mol. The van der Waals surface area contributed by atoms with E-state index in [2.05, 4.69) is 11.0 Å². The number of carbonyl (C=O) groups is 1. The molecule has 2 heterocycles. The molecule has 0 radical (unpaired) electrons. The summed E-state index contributed by atoms with van der Waals surface area (Å²) in [4.78, 5) is 16.3. The SMILES string of the molecule is N#Cc1cc(Cl)ccc1N1CCN(C(=O)[C@H]2CCCO2)CC1. The number of ether oxygens (including phenoxy) is 1. The second-order valence-electron chi connectivity index (χ2n) is 5.59. The van der Waals surface area contributed by atoms with Crippen LogP contribution < -0.4 is 4.90 Å². The van der Waals surface area contributed by atoms with Crippen LogP contribution in [0.5, 0.6) is 0 Å². The van der Waals surface area contributed by atoms with E-state index in [1.54, 1.807) is 12.1 Å². The van der Waals surface area contributed by atoms with Crippen LogP contribution in [-0.2, 0) is 9.53 Å². The van der Waals surface area contributed by atoms with E-state index in [0.717, 1.165) is 31.6 Å². The van der Waals surface area contributed by atoms with E-state index >= 15 is 0 Å². The summed E-state index contributed by atoms with van der Waals surface area (Å²) in [5, 5.41) is 9.80. The van der Waals surface area contributed by atoms with E-state index in [-0.39, 0.29) is 12.0 Å². The Morgan fingerprint density at radius 1 is 1.32 bits per heavy atom. The molecule has 22 heavy (non-hydrogen) atoms. The molecule has 5 nitrogen and oxygen atoms in total. The molecule has 0 spiro atoms. The summed E-state index contributed by atoms with van der Waals surface area (Å²) in [6.07, 6.45) is 1.54. The molecule has 0 N–H and O–H groups in total. The van der Waals surface area contributed by atoms with Crippen LogP contribution in [0.25, 0.3) is 0 Å². The Balaban J connectivity index is 1.64. The highest BCUT2D eigenvalue weighted by Gasteiger charge is 2.30. The van der Waals surface area contributed by atoms with Crippen molar-refractivity contribution >= 4 is 23.2 Å². The lowest BCUT2D eigenvalue weighted by Gasteiger charge is -2.37. The molecular formula is C16H18ClN3O2. The third-order valence-electron chi connectivity index (χ3n) is 4.22. The van der Waals surface area contributed by atoms with Gasteiger partial charge in [-0.15, -0.1) is 0 Å². The number of benzene rings is 1. The van der Waals surface area contributed by atoms with Crippen molar-refractivity contribution in [2.75, 3.05) is 37.7 Å². The fraction of sp³-hybridized carbons (Fsp3) is 0.500. The molecule has 0 saturated carbocycles. The Labute approximate surface area is 135 Å². The molecule has 2 saturated heterocycles. The molecule has 1 aromatic rings.